The molecule has 2 rings (SSSR count). The Morgan fingerprint density at radius 2 is 2.18 bits per heavy atom. The molecule has 0 amide bonds. The van der Waals surface area contributed by atoms with Gasteiger partial charge in [0.15, 0.2) is 5.17 Å². The molecule has 1 saturated heterocycles. The molecule has 17 heavy (non-hydrogen) atoms. The van der Waals surface area contributed by atoms with Gasteiger partial charge in [-0.05, 0) is 24.5 Å². The summed E-state index contributed by atoms with van der Waals surface area (Å²) < 4.78 is 0. The lowest BCUT2D eigenvalue weighted by Crippen LogP contribution is -2.41. The minimum atomic E-state index is 0.501. The minimum absolute atomic E-state index is 0.501. The van der Waals surface area contributed by atoms with Gasteiger partial charge in [0, 0.05) is 16.8 Å². The molecule has 2 unspecified atom stereocenters. The van der Waals surface area contributed by atoms with Crippen molar-refractivity contribution in [2.75, 3.05) is 5.75 Å². The second-order valence-corrected chi connectivity index (χ2v) is 5.85. The first kappa shape index (κ1) is 12.8. The maximum Gasteiger partial charge on any atom is 0.157 e. The first-order valence-corrected chi connectivity index (χ1v) is 7.20. The molecule has 1 N–H and O–H groups in total. The lowest BCUT2D eigenvalue weighted by Gasteiger charge is -2.28. The highest BCUT2D eigenvalue weighted by Crippen LogP contribution is 2.21. The topological polar surface area (TPSA) is 24.4 Å². The maximum absolute atomic E-state index is 6.10. The molecule has 0 aliphatic carbocycles. The highest BCUT2D eigenvalue weighted by Gasteiger charge is 2.20. The maximum atomic E-state index is 6.10. The number of hydrogen-bond acceptors (Lipinski definition) is 2. The summed E-state index contributed by atoms with van der Waals surface area (Å²) in [4.78, 5) is 4.58. The van der Waals surface area contributed by atoms with Crippen LogP contribution in [0.5, 0.6) is 0 Å². The van der Waals surface area contributed by atoms with E-state index in [-0.39, 0.29) is 0 Å². The standard InChI is InChI=1S/C13H17ClN2S/c1-9-8-17-13(16-10(9)2)15-7-11-5-3-4-6-12(11)14/h3-6,9-10H,7-8H2,1-2H3,(H,15,16). The van der Waals surface area contributed by atoms with E-state index in [0.29, 0.717) is 18.5 Å². The van der Waals surface area contributed by atoms with Crippen molar-refractivity contribution in [3.8, 4) is 0 Å². The largest absolute Gasteiger partial charge is 0.362 e. The normalized spacial score (nSPS) is 26.9. The van der Waals surface area contributed by atoms with Crippen LogP contribution in [0.25, 0.3) is 0 Å². The highest BCUT2D eigenvalue weighted by atomic mass is 35.5. The van der Waals surface area contributed by atoms with Crippen molar-refractivity contribution in [3.05, 3.63) is 34.9 Å². The van der Waals surface area contributed by atoms with E-state index in [1.807, 2.05) is 24.3 Å². The van der Waals surface area contributed by atoms with Crippen molar-refractivity contribution in [2.24, 2.45) is 10.9 Å². The first-order valence-electron chi connectivity index (χ1n) is 5.84. The van der Waals surface area contributed by atoms with Gasteiger partial charge < -0.3 is 5.32 Å². The molecule has 0 aromatic heterocycles. The number of nitrogens with zero attached hydrogens (tertiary/aromatic N) is 1. The van der Waals surface area contributed by atoms with Crippen LogP contribution in [0.1, 0.15) is 19.4 Å². The van der Waals surface area contributed by atoms with Crippen LogP contribution in [-0.4, -0.2) is 17.0 Å². The van der Waals surface area contributed by atoms with Crippen molar-refractivity contribution in [2.45, 2.75) is 26.4 Å². The fourth-order valence-electron chi connectivity index (χ4n) is 1.61. The Morgan fingerprint density at radius 1 is 1.41 bits per heavy atom. The molecule has 0 bridgehead atoms. The number of aliphatic imine (C=N–C) groups is 1. The van der Waals surface area contributed by atoms with E-state index >= 15 is 0 Å². The molecular weight excluding hydrogens is 252 g/mol. The molecule has 2 atom stereocenters. The zero-order valence-corrected chi connectivity index (χ0v) is 11.7. The summed E-state index contributed by atoms with van der Waals surface area (Å²) in [7, 11) is 0. The smallest absolute Gasteiger partial charge is 0.157 e. The van der Waals surface area contributed by atoms with E-state index in [2.05, 4.69) is 24.2 Å². The van der Waals surface area contributed by atoms with E-state index in [0.717, 1.165) is 21.5 Å². The van der Waals surface area contributed by atoms with Crippen molar-refractivity contribution in [1.82, 2.24) is 5.32 Å². The summed E-state index contributed by atoms with van der Waals surface area (Å²) >= 11 is 7.89. The van der Waals surface area contributed by atoms with Crippen LogP contribution in [0, 0.1) is 5.92 Å². The third-order valence-corrected chi connectivity index (χ3v) is 4.62. The lowest BCUT2D eigenvalue weighted by atomic mass is 10.1. The molecule has 1 aromatic carbocycles. The Hall–Kier alpha value is -0.670. The SMILES string of the molecule is CC1CSC(=NCc2ccccc2Cl)NC1C. The monoisotopic (exact) mass is 268 g/mol. The van der Waals surface area contributed by atoms with Gasteiger partial charge in [-0.15, -0.1) is 0 Å². The average Bonchev–Trinajstić information content (AvgIpc) is 2.32. The molecule has 1 aromatic rings. The summed E-state index contributed by atoms with van der Waals surface area (Å²) in [5.74, 6) is 1.83. The zero-order valence-electron chi connectivity index (χ0n) is 10.1. The molecule has 2 nitrogen and oxygen atoms in total. The Labute approximate surface area is 112 Å². The Morgan fingerprint density at radius 3 is 2.88 bits per heavy atom. The molecule has 0 spiro atoms. The predicted molar refractivity (Wildman–Crippen MR) is 76.8 cm³/mol. The van der Waals surface area contributed by atoms with Crippen molar-refractivity contribution in [1.29, 1.82) is 0 Å². The summed E-state index contributed by atoms with van der Waals surface area (Å²) in [6.45, 7) is 5.11. The van der Waals surface area contributed by atoms with Gasteiger partial charge in [-0.2, -0.15) is 0 Å². The third kappa shape index (κ3) is 3.39. The van der Waals surface area contributed by atoms with Gasteiger partial charge in [0.2, 0.25) is 0 Å². The van der Waals surface area contributed by atoms with E-state index in [1.54, 1.807) is 11.8 Å². The number of nitrogens with one attached hydrogen (secondary N) is 1. The summed E-state index contributed by atoms with van der Waals surface area (Å²) in [6.07, 6.45) is 0. The lowest BCUT2D eigenvalue weighted by molar-refractivity contribution is 0.490. The second-order valence-electron chi connectivity index (χ2n) is 4.43. The zero-order chi connectivity index (χ0) is 12.3. The molecule has 1 aliphatic rings. The molecule has 4 heteroatoms. The van der Waals surface area contributed by atoms with Crippen molar-refractivity contribution >= 4 is 28.5 Å². The number of halogens is 1. The third-order valence-electron chi connectivity index (χ3n) is 3.04. The molecule has 1 fully saturated rings. The molecule has 0 radical (unpaired) electrons. The Balaban J connectivity index is 2.00. The quantitative estimate of drug-likeness (QED) is 0.887. The van der Waals surface area contributed by atoms with E-state index < -0.39 is 0 Å². The van der Waals surface area contributed by atoms with E-state index in [1.165, 1.54) is 0 Å². The summed E-state index contributed by atoms with van der Waals surface area (Å²) in [6, 6.07) is 8.36. The van der Waals surface area contributed by atoms with Crippen LogP contribution in [0.2, 0.25) is 5.02 Å². The summed E-state index contributed by atoms with van der Waals surface area (Å²) in [5, 5.41) is 5.25. The highest BCUT2D eigenvalue weighted by molar-refractivity contribution is 8.13. The second kappa shape index (κ2) is 5.78. The van der Waals surface area contributed by atoms with Crippen LogP contribution >= 0.6 is 23.4 Å². The van der Waals surface area contributed by atoms with Crippen LogP contribution in [-0.2, 0) is 6.54 Å². The molecular formula is C13H17ClN2S. The predicted octanol–water partition coefficient (Wildman–Crippen LogP) is 3.56. The van der Waals surface area contributed by atoms with Gasteiger partial charge in [0.25, 0.3) is 0 Å². The molecule has 1 aliphatic heterocycles. The minimum Gasteiger partial charge on any atom is -0.362 e. The number of benzene rings is 1. The van der Waals surface area contributed by atoms with Gasteiger partial charge in [-0.1, -0.05) is 48.5 Å². The fourth-order valence-corrected chi connectivity index (χ4v) is 2.94. The van der Waals surface area contributed by atoms with Gasteiger partial charge >= 0.3 is 0 Å². The Bertz CT molecular complexity index is 420. The van der Waals surface area contributed by atoms with Crippen molar-refractivity contribution < 1.29 is 0 Å². The number of amidine groups is 1. The van der Waals surface area contributed by atoms with Crippen LogP contribution in [0.15, 0.2) is 29.3 Å². The van der Waals surface area contributed by atoms with E-state index in [4.69, 9.17) is 11.6 Å². The van der Waals surface area contributed by atoms with Crippen LogP contribution in [0.3, 0.4) is 0 Å². The molecule has 92 valence electrons. The Kier molecular flexibility index (Phi) is 4.35. The van der Waals surface area contributed by atoms with Gasteiger partial charge in [-0.3, -0.25) is 4.99 Å². The van der Waals surface area contributed by atoms with Crippen LogP contribution < -0.4 is 5.32 Å². The van der Waals surface area contributed by atoms with Gasteiger partial charge in [-0.25, -0.2) is 0 Å². The summed E-state index contributed by atoms with van der Waals surface area (Å²) in [5.41, 5.74) is 1.08. The fraction of sp³-hybridized carbons (Fsp3) is 0.462. The van der Waals surface area contributed by atoms with Gasteiger partial charge in [0.05, 0.1) is 6.54 Å². The molecule has 1 heterocycles. The van der Waals surface area contributed by atoms with Crippen LogP contribution in [0.4, 0.5) is 0 Å². The number of rotatable bonds is 2. The first-order chi connectivity index (χ1) is 8.16. The number of thioether (sulfide) groups is 1. The van der Waals surface area contributed by atoms with Crippen molar-refractivity contribution in [3.63, 3.8) is 0 Å². The van der Waals surface area contributed by atoms with E-state index in [9.17, 15) is 0 Å². The number of hydrogen-bond donors (Lipinski definition) is 1. The van der Waals surface area contributed by atoms with Gasteiger partial charge in [0.1, 0.15) is 0 Å². The molecule has 0 saturated carbocycles. The average molecular weight is 269 g/mol.